The van der Waals surface area contributed by atoms with Crippen LogP contribution in [-0.2, 0) is 33.5 Å². The van der Waals surface area contributed by atoms with Crippen molar-refractivity contribution in [2.75, 3.05) is 23.9 Å². The SMILES string of the molecule is CS(=O)(=O)N1CCc2nc(NC(=O)CSCc3ccccc3)sc2C1. The third-order valence-corrected chi connectivity index (χ3v) is 7.01. The number of anilines is 1. The summed E-state index contributed by atoms with van der Waals surface area (Å²) >= 11 is 2.90. The third kappa shape index (κ3) is 5.04. The highest BCUT2D eigenvalue weighted by Crippen LogP contribution is 2.29. The van der Waals surface area contributed by atoms with Gasteiger partial charge < -0.3 is 5.32 Å². The number of rotatable bonds is 6. The summed E-state index contributed by atoms with van der Waals surface area (Å²) in [5, 5.41) is 3.37. The van der Waals surface area contributed by atoms with E-state index in [1.807, 2.05) is 30.3 Å². The normalized spacial score (nSPS) is 14.9. The molecule has 1 aliphatic rings. The van der Waals surface area contributed by atoms with Crippen LogP contribution in [0.3, 0.4) is 0 Å². The van der Waals surface area contributed by atoms with Crippen LogP contribution in [0, 0.1) is 0 Å². The summed E-state index contributed by atoms with van der Waals surface area (Å²) < 4.78 is 24.7. The Morgan fingerprint density at radius 2 is 2.12 bits per heavy atom. The first-order valence-corrected chi connectivity index (χ1v) is 11.6. The number of thioether (sulfide) groups is 1. The number of benzene rings is 1. The van der Waals surface area contributed by atoms with Crippen molar-refractivity contribution in [1.82, 2.24) is 9.29 Å². The molecule has 1 aromatic carbocycles. The molecule has 6 nitrogen and oxygen atoms in total. The average molecular weight is 398 g/mol. The van der Waals surface area contributed by atoms with Crippen molar-refractivity contribution in [2.24, 2.45) is 0 Å². The molecule has 0 aliphatic carbocycles. The lowest BCUT2D eigenvalue weighted by Gasteiger charge is -2.23. The monoisotopic (exact) mass is 397 g/mol. The quantitative estimate of drug-likeness (QED) is 0.809. The van der Waals surface area contributed by atoms with Crippen molar-refractivity contribution in [1.29, 1.82) is 0 Å². The summed E-state index contributed by atoms with van der Waals surface area (Å²) in [5.41, 5.74) is 2.07. The molecule has 0 saturated carbocycles. The first-order chi connectivity index (χ1) is 11.9. The molecule has 0 saturated heterocycles. The molecule has 25 heavy (non-hydrogen) atoms. The molecule has 1 aromatic heterocycles. The second-order valence-electron chi connectivity index (χ2n) is 5.76. The Hall–Kier alpha value is -1.42. The van der Waals surface area contributed by atoms with E-state index in [2.05, 4.69) is 10.3 Å². The van der Waals surface area contributed by atoms with Gasteiger partial charge in [-0.2, -0.15) is 4.31 Å². The fraction of sp³-hybridized carbons (Fsp3) is 0.375. The van der Waals surface area contributed by atoms with Gasteiger partial charge in [-0.3, -0.25) is 4.79 Å². The molecule has 1 aliphatic heterocycles. The van der Waals surface area contributed by atoms with Crippen LogP contribution in [0.4, 0.5) is 5.13 Å². The number of hydrogen-bond donors (Lipinski definition) is 1. The van der Waals surface area contributed by atoms with Gasteiger partial charge in [0.25, 0.3) is 0 Å². The lowest BCUT2D eigenvalue weighted by molar-refractivity contribution is -0.113. The molecule has 0 atom stereocenters. The second kappa shape index (κ2) is 7.86. The highest BCUT2D eigenvalue weighted by molar-refractivity contribution is 7.99. The van der Waals surface area contributed by atoms with Crippen LogP contribution >= 0.6 is 23.1 Å². The smallest absolute Gasteiger partial charge is 0.236 e. The van der Waals surface area contributed by atoms with Gasteiger partial charge in [0.2, 0.25) is 15.9 Å². The number of aromatic nitrogens is 1. The zero-order valence-corrected chi connectivity index (χ0v) is 16.2. The largest absolute Gasteiger partial charge is 0.301 e. The van der Waals surface area contributed by atoms with Crippen LogP contribution in [0.25, 0.3) is 0 Å². The Morgan fingerprint density at radius 1 is 1.36 bits per heavy atom. The minimum absolute atomic E-state index is 0.0907. The van der Waals surface area contributed by atoms with Gasteiger partial charge in [-0.15, -0.1) is 23.1 Å². The molecular weight excluding hydrogens is 378 g/mol. The number of thiazole rings is 1. The summed E-state index contributed by atoms with van der Waals surface area (Å²) in [5.74, 6) is 1.05. The molecule has 1 N–H and O–H groups in total. The average Bonchev–Trinajstić information content (AvgIpc) is 2.96. The first-order valence-electron chi connectivity index (χ1n) is 7.77. The molecule has 2 heterocycles. The molecule has 1 amide bonds. The van der Waals surface area contributed by atoms with Gasteiger partial charge in [-0.25, -0.2) is 13.4 Å². The van der Waals surface area contributed by atoms with Crippen molar-refractivity contribution >= 4 is 44.2 Å². The van der Waals surface area contributed by atoms with E-state index in [0.717, 1.165) is 16.3 Å². The molecule has 9 heteroatoms. The van der Waals surface area contributed by atoms with Crippen molar-refractivity contribution < 1.29 is 13.2 Å². The number of nitrogens with zero attached hydrogens (tertiary/aromatic N) is 2. The Labute approximate surface area is 155 Å². The predicted octanol–water partition coefficient (Wildman–Crippen LogP) is 2.33. The van der Waals surface area contributed by atoms with E-state index in [1.165, 1.54) is 27.5 Å². The van der Waals surface area contributed by atoms with Crippen LogP contribution in [0.1, 0.15) is 16.1 Å². The Morgan fingerprint density at radius 3 is 2.84 bits per heavy atom. The van der Waals surface area contributed by atoms with E-state index in [0.29, 0.717) is 30.4 Å². The number of nitrogens with one attached hydrogen (secondary N) is 1. The number of fused-ring (bicyclic) bond motifs is 1. The van der Waals surface area contributed by atoms with E-state index in [-0.39, 0.29) is 5.91 Å². The number of hydrogen-bond acceptors (Lipinski definition) is 6. The molecule has 0 fully saturated rings. The van der Waals surface area contributed by atoms with Crippen LogP contribution in [-0.4, -0.2) is 42.2 Å². The summed E-state index contributed by atoms with van der Waals surface area (Å²) in [6.07, 6.45) is 1.79. The van der Waals surface area contributed by atoms with Crippen molar-refractivity contribution in [3.8, 4) is 0 Å². The fourth-order valence-corrected chi connectivity index (χ4v) is 5.20. The van der Waals surface area contributed by atoms with Crippen molar-refractivity contribution in [3.05, 3.63) is 46.5 Å². The van der Waals surface area contributed by atoms with Crippen LogP contribution in [0.5, 0.6) is 0 Å². The van der Waals surface area contributed by atoms with Crippen LogP contribution in [0.2, 0.25) is 0 Å². The molecule has 0 spiro atoms. The van der Waals surface area contributed by atoms with Gasteiger partial charge in [0.15, 0.2) is 5.13 Å². The summed E-state index contributed by atoms with van der Waals surface area (Å²) in [6.45, 7) is 0.778. The molecule has 3 rings (SSSR count). The number of amides is 1. The van der Waals surface area contributed by atoms with E-state index < -0.39 is 10.0 Å². The first kappa shape index (κ1) is 18.4. The summed E-state index contributed by atoms with van der Waals surface area (Å²) in [4.78, 5) is 17.4. The number of carbonyl (C=O) groups excluding carboxylic acids is 1. The molecule has 0 radical (unpaired) electrons. The van der Waals surface area contributed by atoms with Gasteiger partial charge in [0.1, 0.15) is 0 Å². The van der Waals surface area contributed by atoms with E-state index >= 15 is 0 Å². The second-order valence-corrected chi connectivity index (χ2v) is 9.81. The lowest BCUT2D eigenvalue weighted by atomic mass is 10.2. The van der Waals surface area contributed by atoms with Crippen molar-refractivity contribution in [2.45, 2.75) is 18.7 Å². The molecular formula is C16H19N3O3S3. The molecule has 2 aromatic rings. The van der Waals surface area contributed by atoms with Gasteiger partial charge >= 0.3 is 0 Å². The van der Waals surface area contributed by atoms with Gasteiger partial charge in [0.05, 0.1) is 17.7 Å². The maximum Gasteiger partial charge on any atom is 0.236 e. The van der Waals surface area contributed by atoms with Gasteiger partial charge in [-0.05, 0) is 5.56 Å². The zero-order valence-electron chi connectivity index (χ0n) is 13.8. The Kier molecular flexibility index (Phi) is 5.78. The van der Waals surface area contributed by atoms with E-state index in [1.54, 1.807) is 11.8 Å². The number of sulfonamides is 1. The molecule has 134 valence electrons. The summed E-state index contributed by atoms with van der Waals surface area (Å²) in [7, 11) is -3.20. The van der Waals surface area contributed by atoms with Crippen LogP contribution in [0.15, 0.2) is 30.3 Å². The van der Waals surface area contributed by atoms with Crippen LogP contribution < -0.4 is 5.32 Å². The topological polar surface area (TPSA) is 79.4 Å². The molecule has 0 unspecified atom stereocenters. The fourth-order valence-electron chi connectivity index (χ4n) is 2.50. The van der Waals surface area contributed by atoms with Gasteiger partial charge in [0, 0.05) is 30.1 Å². The van der Waals surface area contributed by atoms with E-state index in [9.17, 15) is 13.2 Å². The lowest BCUT2D eigenvalue weighted by Crippen LogP contribution is -2.34. The highest BCUT2D eigenvalue weighted by atomic mass is 32.2. The molecule has 0 bridgehead atoms. The third-order valence-electron chi connectivity index (χ3n) is 3.76. The zero-order chi connectivity index (χ0) is 17.9. The Balaban J connectivity index is 1.52. The van der Waals surface area contributed by atoms with Crippen molar-refractivity contribution in [3.63, 3.8) is 0 Å². The Bertz CT molecular complexity index is 850. The number of carbonyl (C=O) groups is 1. The van der Waals surface area contributed by atoms with E-state index in [4.69, 9.17) is 0 Å². The highest BCUT2D eigenvalue weighted by Gasteiger charge is 2.26. The minimum atomic E-state index is -3.20. The predicted molar refractivity (Wildman–Crippen MR) is 102 cm³/mol. The summed E-state index contributed by atoms with van der Waals surface area (Å²) in [6, 6.07) is 10.0. The maximum absolute atomic E-state index is 12.1. The van der Waals surface area contributed by atoms with Gasteiger partial charge in [-0.1, -0.05) is 30.3 Å². The maximum atomic E-state index is 12.1. The minimum Gasteiger partial charge on any atom is -0.301 e. The standard InChI is InChI=1S/C16H19N3O3S3/c1-25(21,22)19-8-7-13-14(9-19)24-16(17-13)18-15(20)11-23-10-12-5-3-2-4-6-12/h2-6H,7-11H2,1H3,(H,17,18,20).